The number of ether oxygens (including phenoxy) is 2. The second-order valence-electron chi connectivity index (χ2n) is 6.06. The first-order chi connectivity index (χ1) is 10.3. The zero-order valence-corrected chi connectivity index (χ0v) is 12.9. The van der Waals surface area contributed by atoms with Crippen molar-refractivity contribution in [2.45, 2.75) is 51.7 Å². The van der Waals surface area contributed by atoms with E-state index in [9.17, 15) is 14.4 Å². The Morgan fingerprint density at radius 2 is 2.14 bits per heavy atom. The molecule has 0 aromatic rings. The summed E-state index contributed by atoms with van der Waals surface area (Å²) in [5, 5.41) is 8.73. The third kappa shape index (κ3) is 3.21. The van der Waals surface area contributed by atoms with E-state index >= 15 is 0 Å². The molecule has 0 saturated carbocycles. The third-order valence-electron chi connectivity index (χ3n) is 3.98. The summed E-state index contributed by atoms with van der Waals surface area (Å²) >= 11 is 0. The van der Waals surface area contributed by atoms with Crippen LogP contribution in [0.2, 0.25) is 0 Å². The third-order valence-corrected chi connectivity index (χ3v) is 3.98. The smallest absolute Gasteiger partial charge is 0.346 e. The summed E-state index contributed by atoms with van der Waals surface area (Å²) in [6, 6.07) is 0. The van der Waals surface area contributed by atoms with Gasteiger partial charge in [0.2, 0.25) is 5.78 Å². The molecule has 0 spiro atoms. The summed E-state index contributed by atoms with van der Waals surface area (Å²) < 4.78 is 10.6. The maximum Gasteiger partial charge on any atom is 0.346 e. The largest absolute Gasteiger partial charge is 0.482 e. The van der Waals surface area contributed by atoms with Crippen LogP contribution in [-0.2, 0) is 23.9 Å². The predicted molar refractivity (Wildman–Crippen MR) is 76.9 cm³/mol. The van der Waals surface area contributed by atoms with Crippen molar-refractivity contribution in [3.8, 4) is 0 Å². The Kier molecular flexibility index (Phi) is 4.39. The summed E-state index contributed by atoms with van der Waals surface area (Å²) in [5.74, 6) is -2.02. The summed E-state index contributed by atoms with van der Waals surface area (Å²) in [5.41, 5.74) is -0.751. The SMILES string of the molecule is CCC(C)CC1(C)C=C/C(=C2/C(=O)OC(CC(=O)O)C2=O)O1. The molecular weight excluding hydrogens is 288 g/mol. The molecule has 2 aliphatic rings. The summed E-state index contributed by atoms with van der Waals surface area (Å²) in [7, 11) is 0. The molecule has 2 aliphatic heterocycles. The first kappa shape index (κ1) is 16.3. The average Bonchev–Trinajstić information content (AvgIpc) is 2.90. The minimum absolute atomic E-state index is 0.175. The Balaban J connectivity index is 2.19. The fraction of sp³-hybridized carbons (Fsp3) is 0.562. The topological polar surface area (TPSA) is 89.9 Å². The number of carboxylic acid groups (broad SMARTS) is 1. The van der Waals surface area contributed by atoms with E-state index in [1.54, 1.807) is 6.08 Å². The molecule has 120 valence electrons. The van der Waals surface area contributed by atoms with Gasteiger partial charge in [-0.05, 0) is 31.4 Å². The van der Waals surface area contributed by atoms with Gasteiger partial charge in [-0.3, -0.25) is 9.59 Å². The Morgan fingerprint density at radius 1 is 1.45 bits per heavy atom. The van der Waals surface area contributed by atoms with Gasteiger partial charge < -0.3 is 14.6 Å². The van der Waals surface area contributed by atoms with E-state index in [1.807, 2.05) is 13.0 Å². The molecule has 0 aromatic heterocycles. The maximum atomic E-state index is 12.1. The molecule has 1 N–H and O–H groups in total. The second-order valence-corrected chi connectivity index (χ2v) is 6.06. The highest BCUT2D eigenvalue weighted by atomic mass is 16.6. The number of carbonyl (C=O) groups excluding carboxylic acids is 2. The molecule has 6 heteroatoms. The van der Waals surface area contributed by atoms with Crippen molar-refractivity contribution in [1.29, 1.82) is 0 Å². The van der Waals surface area contributed by atoms with Crippen molar-refractivity contribution >= 4 is 17.7 Å². The molecule has 0 radical (unpaired) electrons. The molecule has 0 aromatic carbocycles. The molecule has 22 heavy (non-hydrogen) atoms. The van der Waals surface area contributed by atoms with Crippen molar-refractivity contribution in [2.24, 2.45) is 5.92 Å². The van der Waals surface area contributed by atoms with Crippen molar-refractivity contribution in [3.63, 3.8) is 0 Å². The van der Waals surface area contributed by atoms with Gasteiger partial charge >= 0.3 is 11.9 Å². The van der Waals surface area contributed by atoms with E-state index in [1.165, 1.54) is 0 Å². The number of ketones is 1. The van der Waals surface area contributed by atoms with Gasteiger partial charge in [-0.2, -0.15) is 0 Å². The van der Waals surface area contributed by atoms with E-state index in [-0.39, 0.29) is 11.3 Å². The highest BCUT2D eigenvalue weighted by molar-refractivity contribution is 6.24. The monoisotopic (exact) mass is 308 g/mol. The van der Waals surface area contributed by atoms with Crippen LogP contribution in [0.5, 0.6) is 0 Å². The van der Waals surface area contributed by atoms with Gasteiger partial charge in [0.1, 0.15) is 16.9 Å². The lowest BCUT2D eigenvalue weighted by molar-refractivity contribution is -0.147. The molecule has 0 aliphatic carbocycles. The lowest BCUT2D eigenvalue weighted by Crippen LogP contribution is -2.25. The van der Waals surface area contributed by atoms with Crippen LogP contribution in [0.3, 0.4) is 0 Å². The van der Waals surface area contributed by atoms with Gasteiger partial charge in [-0.1, -0.05) is 20.3 Å². The number of carboxylic acids is 1. The predicted octanol–water partition coefficient (Wildman–Crippen LogP) is 1.99. The van der Waals surface area contributed by atoms with Crippen molar-refractivity contribution in [2.75, 3.05) is 0 Å². The van der Waals surface area contributed by atoms with Gasteiger partial charge in [0, 0.05) is 0 Å². The average molecular weight is 308 g/mol. The lowest BCUT2D eigenvalue weighted by atomic mass is 9.92. The highest BCUT2D eigenvalue weighted by Gasteiger charge is 2.44. The number of rotatable bonds is 5. The number of aliphatic carboxylic acids is 1. The van der Waals surface area contributed by atoms with Gasteiger partial charge in [-0.25, -0.2) is 4.79 Å². The van der Waals surface area contributed by atoms with Crippen LogP contribution in [0.4, 0.5) is 0 Å². The molecule has 1 saturated heterocycles. The normalized spacial score (nSPS) is 32.0. The minimum Gasteiger partial charge on any atom is -0.482 e. The van der Waals surface area contributed by atoms with Gasteiger partial charge in [0.05, 0.1) is 6.42 Å². The van der Waals surface area contributed by atoms with Crippen molar-refractivity contribution in [3.05, 3.63) is 23.5 Å². The summed E-state index contributed by atoms with van der Waals surface area (Å²) in [6.07, 6.45) is 3.40. The Bertz CT molecular complexity index is 573. The zero-order chi connectivity index (χ0) is 16.5. The van der Waals surface area contributed by atoms with Crippen LogP contribution in [-0.4, -0.2) is 34.5 Å². The van der Waals surface area contributed by atoms with Gasteiger partial charge in [0.25, 0.3) is 0 Å². The quantitative estimate of drug-likeness (QED) is 0.474. The van der Waals surface area contributed by atoms with E-state index < -0.39 is 35.8 Å². The molecular formula is C16H20O6. The number of allylic oxidation sites excluding steroid dienone is 1. The van der Waals surface area contributed by atoms with E-state index in [2.05, 4.69) is 13.8 Å². The molecule has 1 fully saturated rings. The van der Waals surface area contributed by atoms with Crippen molar-refractivity contribution < 1.29 is 29.0 Å². The van der Waals surface area contributed by atoms with Crippen LogP contribution >= 0.6 is 0 Å². The summed E-state index contributed by atoms with van der Waals surface area (Å²) in [4.78, 5) is 34.7. The van der Waals surface area contributed by atoms with Crippen LogP contribution in [0.1, 0.15) is 40.0 Å². The van der Waals surface area contributed by atoms with Crippen LogP contribution in [0.15, 0.2) is 23.5 Å². The fourth-order valence-electron chi connectivity index (χ4n) is 2.67. The number of hydrogen-bond donors (Lipinski definition) is 1. The molecule has 0 bridgehead atoms. The Hall–Kier alpha value is -2.11. The Labute approximate surface area is 128 Å². The maximum absolute atomic E-state index is 12.1. The van der Waals surface area contributed by atoms with Gasteiger partial charge in [-0.15, -0.1) is 0 Å². The lowest BCUT2D eigenvalue weighted by Gasteiger charge is -2.26. The number of hydrogen-bond acceptors (Lipinski definition) is 5. The molecule has 0 amide bonds. The second kappa shape index (κ2) is 5.94. The number of carbonyl (C=O) groups is 3. The minimum atomic E-state index is -1.26. The highest BCUT2D eigenvalue weighted by Crippen LogP contribution is 2.35. The number of esters is 1. The van der Waals surface area contributed by atoms with Crippen LogP contribution in [0, 0.1) is 5.92 Å². The molecule has 2 rings (SSSR count). The fourth-order valence-corrected chi connectivity index (χ4v) is 2.67. The van der Waals surface area contributed by atoms with E-state index in [4.69, 9.17) is 14.6 Å². The Morgan fingerprint density at radius 3 is 2.73 bits per heavy atom. The van der Waals surface area contributed by atoms with Crippen LogP contribution < -0.4 is 0 Å². The van der Waals surface area contributed by atoms with Gasteiger partial charge in [0.15, 0.2) is 6.10 Å². The molecule has 2 heterocycles. The van der Waals surface area contributed by atoms with Crippen LogP contribution in [0.25, 0.3) is 0 Å². The molecule has 3 unspecified atom stereocenters. The molecule has 3 atom stereocenters. The van der Waals surface area contributed by atoms with E-state index in [0.717, 1.165) is 12.8 Å². The number of cyclic esters (lactones) is 1. The standard InChI is InChI=1S/C16H20O6/c1-4-9(2)8-16(3)6-5-10(22-16)13-14(19)11(7-12(17)18)21-15(13)20/h5-6,9,11H,4,7-8H2,1-3H3,(H,17,18)/b13-10-. The zero-order valence-electron chi connectivity index (χ0n) is 12.9. The number of Topliss-reactive ketones (excluding diaryl/α,β-unsaturated/α-hetero) is 1. The first-order valence-corrected chi connectivity index (χ1v) is 7.35. The molecule has 6 nitrogen and oxygen atoms in total. The first-order valence-electron chi connectivity index (χ1n) is 7.35. The van der Waals surface area contributed by atoms with Crippen molar-refractivity contribution in [1.82, 2.24) is 0 Å². The summed E-state index contributed by atoms with van der Waals surface area (Å²) in [6.45, 7) is 6.08. The van der Waals surface area contributed by atoms with E-state index in [0.29, 0.717) is 5.92 Å².